The molecule has 0 amide bonds. The standard InChI is InChI=1S/C13H23F3N2/c1-2-17-8-10-5-6-12(10)18-7-3-4-11(9-18)13(14,15)16/h10-12,17H,2-9H2,1H3. The normalized spacial score (nSPS) is 34.3. The second kappa shape index (κ2) is 5.78. The second-order valence-electron chi connectivity index (χ2n) is 5.59. The van der Waals surface area contributed by atoms with Gasteiger partial charge in [-0.15, -0.1) is 0 Å². The van der Waals surface area contributed by atoms with Crippen LogP contribution >= 0.6 is 0 Å². The van der Waals surface area contributed by atoms with Gasteiger partial charge in [-0.25, -0.2) is 0 Å². The zero-order valence-corrected chi connectivity index (χ0v) is 11.0. The Kier molecular flexibility index (Phi) is 4.54. The average Bonchev–Trinajstić information content (AvgIpc) is 2.27. The fourth-order valence-electron chi connectivity index (χ4n) is 3.17. The van der Waals surface area contributed by atoms with Crippen LogP contribution in [0.4, 0.5) is 13.2 Å². The van der Waals surface area contributed by atoms with Gasteiger partial charge in [-0.2, -0.15) is 13.2 Å². The molecule has 5 heteroatoms. The van der Waals surface area contributed by atoms with Crippen LogP contribution in [0.5, 0.6) is 0 Å². The Balaban J connectivity index is 1.85. The Morgan fingerprint density at radius 2 is 2.00 bits per heavy atom. The van der Waals surface area contributed by atoms with E-state index in [1.807, 2.05) is 0 Å². The van der Waals surface area contributed by atoms with Gasteiger partial charge >= 0.3 is 6.18 Å². The molecule has 0 bridgehead atoms. The molecule has 1 saturated carbocycles. The molecule has 0 radical (unpaired) electrons. The Morgan fingerprint density at radius 3 is 2.56 bits per heavy atom. The van der Waals surface area contributed by atoms with Gasteiger partial charge in [0.2, 0.25) is 0 Å². The maximum absolute atomic E-state index is 12.8. The number of piperidine rings is 1. The van der Waals surface area contributed by atoms with Crippen LogP contribution in [0.1, 0.15) is 32.6 Å². The lowest BCUT2D eigenvalue weighted by molar-refractivity contribution is -0.191. The summed E-state index contributed by atoms with van der Waals surface area (Å²) in [5.74, 6) is -0.552. The van der Waals surface area contributed by atoms with Gasteiger partial charge in [0.1, 0.15) is 0 Å². The van der Waals surface area contributed by atoms with Crippen LogP contribution < -0.4 is 5.32 Å². The molecule has 0 aromatic heterocycles. The molecule has 0 spiro atoms. The summed E-state index contributed by atoms with van der Waals surface area (Å²) in [5, 5.41) is 3.31. The summed E-state index contributed by atoms with van der Waals surface area (Å²) in [4.78, 5) is 2.09. The van der Waals surface area contributed by atoms with Crippen molar-refractivity contribution in [3.05, 3.63) is 0 Å². The van der Waals surface area contributed by atoms with Crippen LogP contribution in [0, 0.1) is 11.8 Å². The minimum Gasteiger partial charge on any atom is -0.317 e. The van der Waals surface area contributed by atoms with Crippen LogP contribution in [-0.4, -0.2) is 43.3 Å². The number of nitrogens with zero attached hydrogens (tertiary/aromatic N) is 1. The van der Waals surface area contributed by atoms with Crippen molar-refractivity contribution in [2.45, 2.75) is 44.8 Å². The van der Waals surface area contributed by atoms with E-state index in [1.165, 1.54) is 0 Å². The number of halogens is 3. The molecule has 0 aromatic rings. The van der Waals surface area contributed by atoms with Crippen LogP contribution in [0.3, 0.4) is 0 Å². The first kappa shape index (κ1) is 14.1. The number of likely N-dealkylation sites (tertiary alicyclic amines) is 1. The molecule has 1 N–H and O–H groups in total. The first-order valence-corrected chi connectivity index (χ1v) is 7.04. The summed E-state index contributed by atoms with van der Waals surface area (Å²) >= 11 is 0. The van der Waals surface area contributed by atoms with Crippen LogP contribution in [0.2, 0.25) is 0 Å². The van der Waals surface area contributed by atoms with Crippen molar-refractivity contribution in [2.75, 3.05) is 26.2 Å². The van der Waals surface area contributed by atoms with Crippen LogP contribution in [0.25, 0.3) is 0 Å². The molecule has 18 heavy (non-hydrogen) atoms. The van der Waals surface area contributed by atoms with Crippen molar-refractivity contribution >= 4 is 0 Å². The van der Waals surface area contributed by atoms with E-state index in [1.54, 1.807) is 0 Å². The summed E-state index contributed by atoms with van der Waals surface area (Å²) in [5.41, 5.74) is 0. The number of nitrogens with one attached hydrogen (secondary N) is 1. The highest BCUT2D eigenvalue weighted by Gasteiger charge is 2.45. The summed E-state index contributed by atoms with van der Waals surface area (Å²) in [6.07, 6.45) is -0.787. The number of alkyl halides is 3. The number of rotatable bonds is 4. The Bertz CT molecular complexity index is 267. The van der Waals surface area contributed by atoms with Gasteiger partial charge in [-0.05, 0) is 51.2 Å². The minimum absolute atomic E-state index is 0.219. The van der Waals surface area contributed by atoms with Gasteiger partial charge in [-0.1, -0.05) is 6.92 Å². The third-order valence-corrected chi connectivity index (χ3v) is 4.42. The van der Waals surface area contributed by atoms with E-state index in [0.717, 1.165) is 32.5 Å². The first-order valence-electron chi connectivity index (χ1n) is 7.04. The zero-order chi connectivity index (χ0) is 13.2. The molecule has 1 aliphatic carbocycles. The van der Waals surface area contributed by atoms with E-state index in [0.29, 0.717) is 24.8 Å². The van der Waals surface area contributed by atoms with Crippen molar-refractivity contribution in [3.63, 3.8) is 0 Å². The lowest BCUT2D eigenvalue weighted by Crippen LogP contribution is -2.55. The third-order valence-electron chi connectivity index (χ3n) is 4.42. The van der Waals surface area contributed by atoms with Crippen molar-refractivity contribution < 1.29 is 13.2 Å². The topological polar surface area (TPSA) is 15.3 Å². The summed E-state index contributed by atoms with van der Waals surface area (Å²) < 4.78 is 38.3. The fraction of sp³-hybridized carbons (Fsp3) is 1.00. The van der Waals surface area contributed by atoms with Crippen molar-refractivity contribution in [2.24, 2.45) is 11.8 Å². The summed E-state index contributed by atoms with van der Waals surface area (Å²) in [6.45, 7) is 5.02. The molecule has 106 valence electrons. The predicted octanol–water partition coefficient (Wildman–Crippen LogP) is 2.65. The Labute approximate surface area is 107 Å². The quantitative estimate of drug-likeness (QED) is 0.839. The van der Waals surface area contributed by atoms with Crippen LogP contribution in [0.15, 0.2) is 0 Å². The van der Waals surface area contributed by atoms with Gasteiger partial charge in [-0.3, -0.25) is 4.90 Å². The molecule has 2 rings (SSSR count). The molecule has 2 fully saturated rings. The molecule has 1 saturated heterocycles. The van der Waals surface area contributed by atoms with E-state index in [2.05, 4.69) is 17.1 Å². The van der Waals surface area contributed by atoms with E-state index in [-0.39, 0.29) is 6.54 Å². The van der Waals surface area contributed by atoms with E-state index < -0.39 is 12.1 Å². The number of hydrogen-bond donors (Lipinski definition) is 1. The van der Waals surface area contributed by atoms with Gasteiger partial charge in [0.05, 0.1) is 5.92 Å². The molecular formula is C13H23F3N2. The largest absolute Gasteiger partial charge is 0.393 e. The highest BCUT2D eigenvalue weighted by atomic mass is 19.4. The molecule has 2 nitrogen and oxygen atoms in total. The summed E-state index contributed by atoms with van der Waals surface area (Å²) in [7, 11) is 0. The summed E-state index contributed by atoms with van der Waals surface area (Å²) in [6, 6.07) is 0.384. The fourth-order valence-corrected chi connectivity index (χ4v) is 3.17. The Hall–Kier alpha value is -0.290. The second-order valence-corrected chi connectivity index (χ2v) is 5.59. The minimum atomic E-state index is -4.01. The van der Waals surface area contributed by atoms with Gasteiger partial charge in [0.15, 0.2) is 0 Å². The highest BCUT2D eigenvalue weighted by Crippen LogP contribution is 2.38. The maximum Gasteiger partial charge on any atom is 0.393 e. The number of hydrogen-bond acceptors (Lipinski definition) is 2. The average molecular weight is 264 g/mol. The molecule has 2 aliphatic rings. The zero-order valence-electron chi connectivity index (χ0n) is 11.0. The first-order chi connectivity index (χ1) is 8.52. The highest BCUT2D eigenvalue weighted by molar-refractivity contribution is 4.92. The van der Waals surface area contributed by atoms with Crippen molar-refractivity contribution in [1.82, 2.24) is 10.2 Å². The predicted molar refractivity (Wildman–Crippen MR) is 65.4 cm³/mol. The monoisotopic (exact) mass is 264 g/mol. The van der Waals surface area contributed by atoms with E-state index in [9.17, 15) is 13.2 Å². The molecule has 3 unspecified atom stereocenters. The molecular weight excluding hydrogens is 241 g/mol. The smallest absolute Gasteiger partial charge is 0.317 e. The van der Waals surface area contributed by atoms with Crippen molar-refractivity contribution in [3.8, 4) is 0 Å². The Morgan fingerprint density at radius 1 is 1.22 bits per heavy atom. The molecule has 3 atom stereocenters. The van der Waals surface area contributed by atoms with Gasteiger partial charge in [0, 0.05) is 12.6 Å². The molecule has 1 aliphatic heterocycles. The lowest BCUT2D eigenvalue weighted by Gasteiger charge is -2.47. The van der Waals surface area contributed by atoms with Gasteiger partial charge < -0.3 is 5.32 Å². The van der Waals surface area contributed by atoms with Gasteiger partial charge in [0.25, 0.3) is 0 Å². The van der Waals surface area contributed by atoms with Crippen molar-refractivity contribution in [1.29, 1.82) is 0 Å². The maximum atomic E-state index is 12.8. The van der Waals surface area contributed by atoms with E-state index >= 15 is 0 Å². The third kappa shape index (κ3) is 3.18. The van der Waals surface area contributed by atoms with E-state index in [4.69, 9.17) is 0 Å². The molecule has 0 aromatic carbocycles. The van der Waals surface area contributed by atoms with Crippen LogP contribution in [-0.2, 0) is 0 Å². The molecule has 1 heterocycles. The SMILES string of the molecule is CCNCC1CCC1N1CCCC(C(F)(F)F)C1. The lowest BCUT2D eigenvalue weighted by atomic mass is 9.77.